The van der Waals surface area contributed by atoms with Crippen LogP contribution in [0.5, 0.6) is 0 Å². The van der Waals surface area contributed by atoms with Gasteiger partial charge >= 0.3 is 5.97 Å². The van der Waals surface area contributed by atoms with Crippen LogP contribution in [0.15, 0.2) is 72.8 Å². The molecule has 1 aliphatic carbocycles. The van der Waals surface area contributed by atoms with Crippen LogP contribution in [0, 0.1) is 17.1 Å². The maximum absolute atomic E-state index is 13.4. The number of esters is 1. The van der Waals surface area contributed by atoms with E-state index in [-0.39, 0.29) is 5.82 Å². The van der Waals surface area contributed by atoms with Crippen molar-refractivity contribution in [2.45, 2.75) is 19.3 Å². The van der Waals surface area contributed by atoms with Crippen LogP contribution in [-0.4, -0.2) is 23.5 Å². The van der Waals surface area contributed by atoms with E-state index in [0.29, 0.717) is 39.8 Å². The molecule has 0 fully saturated rings. The first kappa shape index (κ1) is 23.9. The molecular formula is C30H22FN3O3. The van der Waals surface area contributed by atoms with Crippen LogP contribution in [0.4, 0.5) is 10.1 Å². The number of nitrogens with one attached hydrogen (secondary N) is 1. The van der Waals surface area contributed by atoms with Gasteiger partial charge in [0.15, 0.2) is 6.61 Å². The van der Waals surface area contributed by atoms with Crippen molar-refractivity contribution in [1.82, 2.24) is 4.98 Å². The fourth-order valence-corrected chi connectivity index (χ4v) is 4.55. The predicted molar refractivity (Wildman–Crippen MR) is 139 cm³/mol. The van der Waals surface area contributed by atoms with E-state index in [2.05, 4.69) is 5.32 Å². The molecule has 37 heavy (non-hydrogen) atoms. The zero-order chi connectivity index (χ0) is 25.8. The van der Waals surface area contributed by atoms with Gasteiger partial charge in [0.2, 0.25) is 0 Å². The molecule has 7 heteroatoms. The first-order valence-corrected chi connectivity index (χ1v) is 11.9. The average molecular weight is 492 g/mol. The van der Waals surface area contributed by atoms with E-state index in [4.69, 9.17) is 9.72 Å². The average Bonchev–Trinajstić information content (AvgIpc) is 2.92. The Morgan fingerprint density at radius 1 is 1.03 bits per heavy atom. The molecule has 4 aromatic rings. The Morgan fingerprint density at radius 2 is 1.78 bits per heavy atom. The monoisotopic (exact) mass is 491 g/mol. The van der Waals surface area contributed by atoms with Crippen LogP contribution in [0.2, 0.25) is 0 Å². The number of nitrogens with zero attached hydrogens (tertiary/aromatic N) is 2. The van der Waals surface area contributed by atoms with Gasteiger partial charge in [-0.1, -0.05) is 42.5 Å². The van der Waals surface area contributed by atoms with Gasteiger partial charge < -0.3 is 10.1 Å². The number of allylic oxidation sites excluding steroid dienone is 1. The number of hydrogen-bond donors (Lipinski definition) is 1. The molecule has 1 aromatic heterocycles. The summed E-state index contributed by atoms with van der Waals surface area (Å²) < 4.78 is 18.8. The molecule has 0 radical (unpaired) electrons. The molecule has 1 aliphatic rings. The lowest BCUT2D eigenvalue weighted by Gasteiger charge is -2.22. The van der Waals surface area contributed by atoms with Crippen molar-refractivity contribution in [2.24, 2.45) is 0 Å². The van der Waals surface area contributed by atoms with Gasteiger partial charge in [-0.05, 0) is 72.4 Å². The molecule has 0 saturated heterocycles. The second-order valence-electron chi connectivity index (χ2n) is 8.69. The Balaban J connectivity index is 1.46. The number of amides is 1. The van der Waals surface area contributed by atoms with E-state index in [1.54, 1.807) is 36.4 Å². The van der Waals surface area contributed by atoms with E-state index >= 15 is 0 Å². The number of benzene rings is 3. The third kappa shape index (κ3) is 5.09. The van der Waals surface area contributed by atoms with Gasteiger partial charge in [0, 0.05) is 5.39 Å². The molecule has 0 unspecified atom stereocenters. The number of halogens is 1. The highest BCUT2D eigenvalue weighted by molar-refractivity contribution is 6.07. The molecule has 3 aromatic carbocycles. The summed E-state index contributed by atoms with van der Waals surface area (Å²) in [6.07, 6.45) is 4.19. The molecule has 0 saturated carbocycles. The van der Waals surface area contributed by atoms with E-state index in [1.807, 2.05) is 36.4 Å². The Kier molecular flexibility index (Phi) is 6.73. The van der Waals surface area contributed by atoms with E-state index in [0.717, 1.165) is 29.5 Å². The number of carbonyl (C=O) groups excluding carboxylic acids is 2. The van der Waals surface area contributed by atoms with Crippen LogP contribution in [0.25, 0.3) is 22.6 Å². The number of fused-ring (bicyclic) bond motifs is 2. The van der Waals surface area contributed by atoms with Crippen molar-refractivity contribution in [3.63, 3.8) is 0 Å². The summed E-state index contributed by atoms with van der Waals surface area (Å²) in [5.74, 6) is -1.46. The van der Waals surface area contributed by atoms with Gasteiger partial charge in [-0.2, -0.15) is 5.26 Å². The largest absolute Gasteiger partial charge is 0.452 e. The summed E-state index contributed by atoms with van der Waals surface area (Å²) in [7, 11) is 0. The molecule has 0 spiro atoms. The smallest absolute Gasteiger partial charge is 0.339 e. The molecule has 1 heterocycles. The molecule has 0 bridgehead atoms. The second kappa shape index (κ2) is 10.4. The third-order valence-corrected chi connectivity index (χ3v) is 6.24. The number of anilines is 1. The van der Waals surface area contributed by atoms with Crippen molar-refractivity contribution in [3.8, 4) is 6.07 Å². The summed E-state index contributed by atoms with van der Waals surface area (Å²) in [6, 6.07) is 22.2. The number of ether oxygens (including phenoxy) is 1. The SMILES string of the molecule is N#Cc1ccccc1NC(=O)COC(=O)c1c2c(nc3ccccc13)C(=Cc1ccc(F)cc1)CCC2. The molecule has 0 atom stereocenters. The minimum Gasteiger partial charge on any atom is -0.452 e. The number of carbonyl (C=O) groups is 2. The maximum Gasteiger partial charge on any atom is 0.339 e. The quantitative estimate of drug-likeness (QED) is 0.350. The minimum absolute atomic E-state index is 0.305. The summed E-state index contributed by atoms with van der Waals surface area (Å²) in [6.45, 7) is -0.498. The molecule has 1 amide bonds. The molecule has 1 N–H and O–H groups in total. The second-order valence-corrected chi connectivity index (χ2v) is 8.69. The van der Waals surface area contributed by atoms with E-state index in [1.165, 1.54) is 12.1 Å². The number of hydrogen-bond acceptors (Lipinski definition) is 5. The summed E-state index contributed by atoms with van der Waals surface area (Å²) >= 11 is 0. The fraction of sp³-hybridized carbons (Fsp3) is 0.133. The van der Waals surface area contributed by atoms with Gasteiger partial charge in [-0.25, -0.2) is 14.2 Å². The Hall–Kier alpha value is -4.83. The summed E-state index contributed by atoms with van der Waals surface area (Å²) in [5.41, 5.74) is 5.01. The lowest BCUT2D eigenvalue weighted by atomic mass is 9.86. The highest BCUT2D eigenvalue weighted by Crippen LogP contribution is 2.36. The third-order valence-electron chi connectivity index (χ3n) is 6.24. The standard InChI is InChI=1S/C30H22FN3O3/c31-22-14-12-19(13-15-22)16-20-7-5-9-24-28(23-8-2-4-11-26(23)34-29(20)24)30(36)37-18-27(35)33-25-10-3-1-6-21(25)17-32/h1-4,6,8,10-16H,5,7,9,18H2,(H,33,35). The molecule has 5 rings (SSSR count). The lowest BCUT2D eigenvalue weighted by Crippen LogP contribution is -2.23. The van der Waals surface area contributed by atoms with Crippen molar-refractivity contribution >= 4 is 40.1 Å². The van der Waals surface area contributed by atoms with Crippen LogP contribution in [-0.2, 0) is 16.0 Å². The van der Waals surface area contributed by atoms with Crippen molar-refractivity contribution in [1.29, 1.82) is 5.26 Å². The minimum atomic E-state index is -0.610. The summed E-state index contributed by atoms with van der Waals surface area (Å²) in [5, 5.41) is 12.5. The van der Waals surface area contributed by atoms with Crippen molar-refractivity contribution < 1.29 is 18.7 Å². The summed E-state index contributed by atoms with van der Waals surface area (Å²) in [4.78, 5) is 30.7. The van der Waals surface area contributed by atoms with Crippen molar-refractivity contribution in [3.05, 3.63) is 107 Å². The van der Waals surface area contributed by atoms with Gasteiger partial charge in [0.05, 0.1) is 28.0 Å². The Bertz CT molecular complexity index is 1590. The Morgan fingerprint density at radius 3 is 2.59 bits per heavy atom. The number of nitriles is 1. The van der Waals surface area contributed by atoms with Gasteiger partial charge in [-0.3, -0.25) is 4.79 Å². The normalized spacial score (nSPS) is 13.6. The number of para-hydroxylation sites is 2. The van der Waals surface area contributed by atoms with Crippen LogP contribution >= 0.6 is 0 Å². The number of pyridine rings is 1. The topological polar surface area (TPSA) is 92.1 Å². The number of aromatic nitrogens is 1. The first-order valence-electron chi connectivity index (χ1n) is 11.9. The van der Waals surface area contributed by atoms with Gasteiger partial charge in [-0.15, -0.1) is 0 Å². The number of rotatable bonds is 5. The zero-order valence-electron chi connectivity index (χ0n) is 19.8. The van der Waals surface area contributed by atoms with Gasteiger partial charge in [0.1, 0.15) is 11.9 Å². The zero-order valence-corrected chi connectivity index (χ0v) is 19.8. The highest BCUT2D eigenvalue weighted by Gasteiger charge is 2.26. The van der Waals surface area contributed by atoms with Crippen LogP contribution in [0.1, 0.15) is 45.6 Å². The van der Waals surface area contributed by atoms with E-state index < -0.39 is 18.5 Å². The fourth-order valence-electron chi connectivity index (χ4n) is 4.55. The van der Waals surface area contributed by atoms with Crippen LogP contribution in [0.3, 0.4) is 0 Å². The van der Waals surface area contributed by atoms with E-state index in [9.17, 15) is 19.2 Å². The molecule has 182 valence electrons. The lowest BCUT2D eigenvalue weighted by molar-refractivity contribution is -0.119. The molecule has 0 aliphatic heterocycles. The highest BCUT2D eigenvalue weighted by atomic mass is 19.1. The predicted octanol–water partition coefficient (Wildman–Crippen LogP) is 5.92. The van der Waals surface area contributed by atoms with Crippen molar-refractivity contribution in [2.75, 3.05) is 11.9 Å². The maximum atomic E-state index is 13.4. The molecule has 6 nitrogen and oxygen atoms in total. The van der Waals surface area contributed by atoms with Crippen LogP contribution < -0.4 is 5.32 Å². The molecular weight excluding hydrogens is 469 g/mol. The van der Waals surface area contributed by atoms with Gasteiger partial charge in [0.25, 0.3) is 5.91 Å². The Labute approximate surface area is 213 Å². The first-order chi connectivity index (χ1) is 18.0.